The second kappa shape index (κ2) is 6.85. The second-order valence-corrected chi connectivity index (χ2v) is 6.39. The van der Waals surface area contributed by atoms with Crippen molar-refractivity contribution in [2.24, 2.45) is 11.7 Å². The Morgan fingerprint density at radius 2 is 2.05 bits per heavy atom. The number of carbonyl (C=O) groups excluding carboxylic acids is 2. The van der Waals surface area contributed by atoms with Crippen LogP contribution in [0.4, 0.5) is 0 Å². The van der Waals surface area contributed by atoms with E-state index in [1.165, 1.54) is 11.3 Å². The Morgan fingerprint density at radius 3 is 2.50 bits per heavy atom. The largest absolute Gasteiger partial charge is 0.348 e. The van der Waals surface area contributed by atoms with Gasteiger partial charge in [0, 0.05) is 6.54 Å². The zero-order chi connectivity index (χ0) is 15.3. The molecule has 0 aromatic carbocycles. The highest BCUT2D eigenvalue weighted by Crippen LogP contribution is 2.15. The van der Waals surface area contributed by atoms with Crippen molar-refractivity contribution in [3.05, 3.63) is 22.4 Å². The Kier molecular flexibility index (Phi) is 5.71. The summed E-state index contributed by atoms with van der Waals surface area (Å²) in [5, 5.41) is 7.43. The van der Waals surface area contributed by atoms with Gasteiger partial charge in [-0.15, -0.1) is 11.3 Å². The van der Waals surface area contributed by atoms with E-state index in [1.807, 2.05) is 26.2 Å². The van der Waals surface area contributed by atoms with E-state index in [4.69, 9.17) is 5.73 Å². The van der Waals surface area contributed by atoms with Gasteiger partial charge in [0.05, 0.1) is 10.4 Å². The maximum absolute atomic E-state index is 12.1. The standard InChI is InChI=1S/C14H23N3O2S/c1-9(2)14(4,8-15)17-12(18)10(3)16-13(19)11-6-5-7-20-11/h5-7,9-10H,8,15H2,1-4H3,(H,16,19)(H,17,18). The fraction of sp³-hybridized carbons (Fsp3) is 0.571. The van der Waals surface area contributed by atoms with E-state index in [0.717, 1.165) is 0 Å². The van der Waals surface area contributed by atoms with Crippen LogP contribution in [-0.2, 0) is 4.79 Å². The van der Waals surface area contributed by atoms with Crippen LogP contribution in [0, 0.1) is 5.92 Å². The third-order valence-corrected chi connectivity index (χ3v) is 4.46. The van der Waals surface area contributed by atoms with E-state index >= 15 is 0 Å². The van der Waals surface area contributed by atoms with Gasteiger partial charge in [-0.1, -0.05) is 19.9 Å². The quantitative estimate of drug-likeness (QED) is 0.741. The minimum atomic E-state index is -0.603. The molecule has 1 rings (SSSR count). The zero-order valence-corrected chi connectivity index (χ0v) is 13.2. The monoisotopic (exact) mass is 297 g/mol. The number of amides is 2. The fourth-order valence-corrected chi connectivity index (χ4v) is 2.19. The Morgan fingerprint density at radius 1 is 1.40 bits per heavy atom. The Bertz CT molecular complexity index is 459. The minimum absolute atomic E-state index is 0.205. The summed E-state index contributed by atoms with van der Waals surface area (Å²) in [7, 11) is 0. The van der Waals surface area contributed by atoms with Crippen LogP contribution in [0.3, 0.4) is 0 Å². The van der Waals surface area contributed by atoms with Gasteiger partial charge in [0.2, 0.25) is 5.91 Å². The van der Waals surface area contributed by atoms with Crippen molar-refractivity contribution in [1.82, 2.24) is 10.6 Å². The highest BCUT2D eigenvalue weighted by Gasteiger charge is 2.30. The van der Waals surface area contributed by atoms with Crippen LogP contribution in [-0.4, -0.2) is 29.9 Å². The molecule has 0 bridgehead atoms. The molecule has 1 aromatic heterocycles. The molecular weight excluding hydrogens is 274 g/mol. The van der Waals surface area contributed by atoms with Gasteiger partial charge < -0.3 is 16.4 Å². The number of hydrogen-bond donors (Lipinski definition) is 3. The third-order valence-electron chi connectivity index (χ3n) is 3.59. The summed E-state index contributed by atoms with van der Waals surface area (Å²) in [5.41, 5.74) is 5.26. The molecule has 0 aliphatic heterocycles. The molecule has 2 amide bonds. The molecule has 0 saturated heterocycles. The average Bonchev–Trinajstić information content (AvgIpc) is 2.91. The van der Waals surface area contributed by atoms with Gasteiger partial charge in [-0.25, -0.2) is 0 Å². The van der Waals surface area contributed by atoms with E-state index < -0.39 is 11.6 Å². The van der Waals surface area contributed by atoms with Crippen LogP contribution in [0.1, 0.15) is 37.4 Å². The Labute approximate surface area is 123 Å². The molecule has 2 atom stereocenters. The van der Waals surface area contributed by atoms with E-state index in [1.54, 1.807) is 19.1 Å². The second-order valence-electron chi connectivity index (χ2n) is 5.44. The topological polar surface area (TPSA) is 84.2 Å². The summed E-state index contributed by atoms with van der Waals surface area (Å²) in [6.45, 7) is 7.92. The lowest BCUT2D eigenvalue weighted by atomic mass is 9.88. The number of rotatable bonds is 6. The van der Waals surface area contributed by atoms with Gasteiger partial charge >= 0.3 is 0 Å². The predicted octanol–water partition coefficient (Wildman–Crippen LogP) is 1.36. The summed E-state index contributed by atoms with van der Waals surface area (Å²) in [4.78, 5) is 24.6. The van der Waals surface area contributed by atoms with E-state index in [0.29, 0.717) is 11.4 Å². The fourth-order valence-electron chi connectivity index (χ4n) is 1.56. The predicted molar refractivity (Wildman–Crippen MR) is 81.7 cm³/mol. The molecule has 2 unspecified atom stereocenters. The average molecular weight is 297 g/mol. The summed E-state index contributed by atoms with van der Waals surface area (Å²) in [6.07, 6.45) is 0. The number of nitrogens with two attached hydrogens (primary N) is 1. The van der Waals surface area contributed by atoms with Crippen molar-refractivity contribution < 1.29 is 9.59 Å². The molecule has 0 saturated carbocycles. The van der Waals surface area contributed by atoms with Crippen molar-refractivity contribution in [3.63, 3.8) is 0 Å². The van der Waals surface area contributed by atoms with Crippen LogP contribution in [0.15, 0.2) is 17.5 Å². The van der Waals surface area contributed by atoms with Crippen LogP contribution in [0.2, 0.25) is 0 Å². The lowest BCUT2D eigenvalue weighted by molar-refractivity contribution is -0.124. The van der Waals surface area contributed by atoms with Gasteiger partial charge in [0.25, 0.3) is 5.91 Å². The van der Waals surface area contributed by atoms with Gasteiger partial charge in [0.15, 0.2) is 0 Å². The van der Waals surface area contributed by atoms with E-state index in [-0.39, 0.29) is 17.7 Å². The number of carbonyl (C=O) groups is 2. The minimum Gasteiger partial charge on any atom is -0.348 e. The van der Waals surface area contributed by atoms with Gasteiger partial charge in [-0.3, -0.25) is 9.59 Å². The lowest BCUT2D eigenvalue weighted by Gasteiger charge is -2.34. The van der Waals surface area contributed by atoms with Crippen LogP contribution in [0.25, 0.3) is 0 Å². The molecule has 0 aliphatic rings. The zero-order valence-electron chi connectivity index (χ0n) is 12.4. The SMILES string of the molecule is CC(NC(=O)c1cccs1)C(=O)NC(C)(CN)C(C)C. The van der Waals surface area contributed by atoms with Gasteiger partial charge in [-0.2, -0.15) is 0 Å². The smallest absolute Gasteiger partial charge is 0.261 e. The number of thiophene rings is 1. The van der Waals surface area contributed by atoms with Gasteiger partial charge in [0.1, 0.15) is 6.04 Å². The molecule has 1 aromatic rings. The van der Waals surface area contributed by atoms with Crippen LogP contribution >= 0.6 is 11.3 Å². The summed E-state index contributed by atoms with van der Waals surface area (Å²) in [6, 6.07) is 2.92. The molecule has 5 nitrogen and oxygen atoms in total. The summed E-state index contributed by atoms with van der Waals surface area (Å²) >= 11 is 1.34. The Hall–Kier alpha value is -1.40. The number of nitrogens with one attached hydrogen (secondary N) is 2. The maximum atomic E-state index is 12.1. The molecule has 20 heavy (non-hydrogen) atoms. The first-order chi connectivity index (χ1) is 9.30. The van der Waals surface area contributed by atoms with Crippen molar-refractivity contribution in [3.8, 4) is 0 Å². The van der Waals surface area contributed by atoms with Crippen LogP contribution in [0.5, 0.6) is 0 Å². The molecule has 0 radical (unpaired) electrons. The molecule has 4 N–H and O–H groups in total. The van der Waals surface area contributed by atoms with Crippen molar-refractivity contribution in [1.29, 1.82) is 0 Å². The lowest BCUT2D eigenvalue weighted by Crippen LogP contribution is -2.59. The van der Waals surface area contributed by atoms with Crippen molar-refractivity contribution in [2.75, 3.05) is 6.54 Å². The normalized spacial score (nSPS) is 15.5. The number of hydrogen-bond acceptors (Lipinski definition) is 4. The first-order valence-electron chi connectivity index (χ1n) is 6.66. The summed E-state index contributed by atoms with van der Waals surface area (Å²) < 4.78 is 0. The molecular formula is C14H23N3O2S. The molecule has 0 aliphatic carbocycles. The highest BCUT2D eigenvalue weighted by molar-refractivity contribution is 7.12. The van der Waals surface area contributed by atoms with E-state index in [2.05, 4.69) is 10.6 Å². The van der Waals surface area contributed by atoms with Crippen molar-refractivity contribution >= 4 is 23.2 Å². The maximum Gasteiger partial charge on any atom is 0.261 e. The van der Waals surface area contributed by atoms with E-state index in [9.17, 15) is 9.59 Å². The highest BCUT2D eigenvalue weighted by atomic mass is 32.1. The van der Waals surface area contributed by atoms with Gasteiger partial charge in [-0.05, 0) is 31.2 Å². The third kappa shape index (κ3) is 4.05. The molecule has 6 heteroatoms. The molecule has 0 spiro atoms. The molecule has 112 valence electrons. The molecule has 0 fully saturated rings. The van der Waals surface area contributed by atoms with Crippen LogP contribution < -0.4 is 16.4 Å². The molecule has 1 heterocycles. The first-order valence-corrected chi connectivity index (χ1v) is 7.54. The Balaban J connectivity index is 2.61. The first kappa shape index (κ1) is 16.7. The summed E-state index contributed by atoms with van der Waals surface area (Å²) in [5.74, 6) is -0.255. The van der Waals surface area contributed by atoms with Crippen molar-refractivity contribution in [2.45, 2.75) is 39.3 Å².